The maximum Gasteiger partial charge on any atom is 0.338 e. The summed E-state index contributed by atoms with van der Waals surface area (Å²) < 4.78 is 18.5. The third kappa shape index (κ3) is 27.2. The lowest BCUT2D eigenvalue weighted by atomic mass is 9.92. The molecular weight excluding hydrogens is 610 g/mol. The smallest absolute Gasteiger partial charge is 0.338 e. The molecule has 0 aromatic heterocycles. The molecule has 0 radical (unpaired) electrons. The summed E-state index contributed by atoms with van der Waals surface area (Å²) in [6.45, 7) is 13.0. The van der Waals surface area contributed by atoms with Crippen molar-refractivity contribution in [2.45, 2.75) is 226 Å². The largest absolute Gasteiger partial charge is 0.465 e. The molecule has 0 saturated carbocycles. The number of nitrogens with zero attached hydrogens (tertiary/aromatic N) is 1. The molecule has 0 spiro atoms. The van der Waals surface area contributed by atoms with Gasteiger partial charge >= 0.3 is 11.9 Å². The van der Waals surface area contributed by atoms with Crippen molar-refractivity contribution in [3.63, 3.8) is 0 Å². The van der Waals surface area contributed by atoms with Crippen LogP contribution < -0.4 is 0 Å². The molecule has 0 heterocycles. The van der Waals surface area contributed by atoms with Crippen molar-refractivity contribution in [1.82, 2.24) is 4.90 Å². The van der Waals surface area contributed by atoms with Crippen molar-refractivity contribution in [2.75, 3.05) is 33.9 Å². The monoisotopic (exact) mass is 696 g/mol. The summed E-state index contributed by atoms with van der Waals surface area (Å²) in [5, 5.41) is 0. The van der Waals surface area contributed by atoms with Crippen LogP contribution in [0.3, 0.4) is 0 Å². The van der Waals surface area contributed by atoms with E-state index in [1.807, 2.05) is 14.1 Å². The minimum absolute atomic E-state index is 0.0157. The fraction of sp³-hybridized carbons (Fsp3) is 0.953. The summed E-state index contributed by atoms with van der Waals surface area (Å²) in [6.07, 6.45) is 30.9. The summed E-state index contributed by atoms with van der Waals surface area (Å²) in [6, 6.07) is 0. The number of unbranched alkanes of at least 4 members (excludes halogenated alkanes) is 15. The van der Waals surface area contributed by atoms with E-state index in [-0.39, 0.29) is 18.0 Å². The third-order valence-corrected chi connectivity index (χ3v) is 10.1. The number of hydrogen-bond donors (Lipinski definition) is 0. The zero-order valence-electron chi connectivity index (χ0n) is 34.1. The Hall–Kier alpha value is -1.14. The molecule has 0 bridgehead atoms. The molecule has 6 nitrogen and oxygen atoms in total. The van der Waals surface area contributed by atoms with Gasteiger partial charge in [-0.2, -0.15) is 0 Å². The Morgan fingerprint density at radius 2 is 1.04 bits per heavy atom. The van der Waals surface area contributed by atoms with Crippen molar-refractivity contribution in [3.05, 3.63) is 0 Å². The van der Waals surface area contributed by atoms with Crippen LogP contribution in [0.25, 0.3) is 0 Å². The molecule has 0 aliphatic carbocycles. The highest BCUT2D eigenvalue weighted by molar-refractivity contribution is 5.79. The van der Waals surface area contributed by atoms with Gasteiger partial charge in [-0.25, -0.2) is 4.79 Å². The second-order valence-electron chi connectivity index (χ2n) is 15.3. The second kappa shape index (κ2) is 34.0. The summed E-state index contributed by atoms with van der Waals surface area (Å²) >= 11 is 0. The summed E-state index contributed by atoms with van der Waals surface area (Å²) in [5.74, 6) is 0.376. The molecule has 0 amide bonds. The number of likely N-dealkylation sites (N-methyl/N-ethyl adjacent to an activating group) is 1. The predicted molar refractivity (Wildman–Crippen MR) is 209 cm³/mol. The zero-order valence-corrected chi connectivity index (χ0v) is 34.1. The normalized spacial score (nSPS) is 13.1. The van der Waals surface area contributed by atoms with Crippen LogP contribution in [0.2, 0.25) is 0 Å². The van der Waals surface area contributed by atoms with E-state index < -0.39 is 5.60 Å². The maximum atomic E-state index is 13.8. The lowest BCUT2D eigenvalue weighted by Crippen LogP contribution is -2.45. The fourth-order valence-electron chi connectivity index (χ4n) is 6.91. The van der Waals surface area contributed by atoms with Crippen molar-refractivity contribution in [1.29, 1.82) is 0 Å². The lowest BCUT2D eigenvalue weighted by molar-refractivity contribution is -0.182. The minimum Gasteiger partial charge on any atom is -0.465 e. The van der Waals surface area contributed by atoms with Gasteiger partial charge in [-0.1, -0.05) is 150 Å². The first kappa shape index (κ1) is 47.9. The Labute approximate surface area is 305 Å². The standard InChI is InChI=1S/C43H85NO5/c1-8-13-16-18-19-22-26-31-40(49-42(46)43(34-11-4,35-12-5)48-37-36-44(6)7)32-27-23-20-21-24-28-33-41(45)47-38-39(29-15-10-3)30-25-17-14-9-2/h39-40H,8-38H2,1-7H3. The average molecular weight is 696 g/mol. The Balaban J connectivity index is 4.75. The highest BCUT2D eigenvalue weighted by Crippen LogP contribution is 2.29. The molecule has 0 aromatic carbocycles. The van der Waals surface area contributed by atoms with Gasteiger partial charge in [0.2, 0.25) is 0 Å². The highest BCUT2D eigenvalue weighted by atomic mass is 16.6. The molecule has 0 fully saturated rings. The first-order chi connectivity index (χ1) is 23.8. The number of carbonyl (C=O) groups excluding carboxylic acids is 2. The lowest BCUT2D eigenvalue weighted by Gasteiger charge is -2.33. The van der Waals surface area contributed by atoms with E-state index in [0.29, 0.717) is 38.4 Å². The number of ether oxygens (including phenoxy) is 3. The van der Waals surface area contributed by atoms with Crippen LogP contribution in [0.5, 0.6) is 0 Å². The van der Waals surface area contributed by atoms with E-state index in [4.69, 9.17) is 14.2 Å². The molecule has 0 saturated heterocycles. The maximum absolute atomic E-state index is 13.8. The molecule has 2 atom stereocenters. The Morgan fingerprint density at radius 1 is 0.571 bits per heavy atom. The van der Waals surface area contributed by atoms with E-state index >= 15 is 0 Å². The van der Waals surface area contributed by atoms with E-state index in [0.717, 1.165) is 77.2 Å². The van der Waals surface area contributed by atoms with Crippen LogP contribution in [-0.2, 0) is 23.8 Å². The van der Waals surface area contributed by atoms with Gasteiger partial charge in [0.15, 0.2) is 5.60 Å². The van der Waals surface area contributed by atoms with Crippen molar-refractivity contribution in [3.8, 4) is 0 Å². The van der Waals surface area contributed by atoms with E-state index in [2.05, 4.69) is 39.5 Å². The number of hydrogen-bond acceptors (Lipinski definition) is 6. The van der Waals surface area contributed by atoms with Crippen molar-refractivity contribution >= 4 is 11.9 Å². The van der Waals surface area contributed by atoms with E-state index in [9.17, 15) is 9.59 Å². The first-order valence-electron chi connectivity index (χ1n) is 21.4. The fourth-order valence-corrected chi connectivity index (χ4v) is 6.91. The van der Waals surface area contributed by atoms with Crippen LogP contribution in [0.1, 0.15) is 214 Å². The van der Waals surface area contributed by atoms with Crippen LogP contribution in [0, 0.1) is 5.92 Å². The molecule has 2 unspecified atom stereocenters. The van der Waals surface area contributed by atoms with Gasteiger partial charge in [-0.05, 0) is 77.8 Å². The Kier molecular flexibility index (Phi) is 33.2. The Bertz CT molecular complexity index is 736. The molecule has 0 aliphatic heterocycles. The zero-order chi connectivity index (χ0) is 36.4. The SMILES string of the molecule is CCCCCCCCCC(CCCCCCCCC(=O)OCC(CCCC)CCCCCC)OC(=O)C(CCC)(CCC)OCCN(C)C. The van der Waals surface area contributed by atoms with E-state index in [1.54, 1.807) is 0 Å². The van der Waals surface area contributed by atoms with Gasteiger partial charge in [-0.15, -0.1) is 0 Å². The topological polar surface area (TPSA) is 65.1 Å². The predicted octanol–water partition coefficient (Wildman–Crippen LogP) is 12.4. The van der Waals surface area contributed by atoms with Gasteiger partial charge in [0.05, 0.1) is 13.2 Å². The van der Waals surface area contributed by atoms with Gasteiger partial charge in [0, 0.05) is 13.0 Å². The van der Waals surface area contributed by atoms with Gasteiger partial charge in [0.25, 0.3) is 0 Å². The summed E-state index contributed by atoms with van der Waals surface area (Å²) in [5.41, 5.74) is -0.829. The highest BCUT2D eigenvalue weighted by Gasteiger charge is 2.40. The molecule has 0 aliphatic rings. The van der Waals surface area contributed by atoms with Crippen LogP contribution in [-0.4, -0.2) is 62.4 Å². The number of rotatable bonds is 37. The second-order valence-corrected chi connectivity index (χ2v) is 15.3. The van der Waals surface area contributed by atoms with Crippen molar-refractivity contribution in [2.24, 2.45) is 5.92 Å². The molecule has 0 aromatic rings. The molecule has 6 heteroatoms. The van der Waals surface area contributed by atoms with Crippen molar-refractivity contribution < 1.29 is 23.8 Å². The molecule has 0 N–H and O–H groups in total. The summed E-state index contributed by atoms with van der Waals surface area (Å²) in [4.78, 5) is 28.3. The van der Waals surface area contributed by atoms with Crippen LogP contribution in [0.15, 0.2) is 0 Å². The minimum atomic E-state index is -0.829. The molecule has 49 heavy (non-hydrogen) atoms. The third-order valence-electron chi connectivity index (χ3n) is 10.1. The molecule has 292 valence electrons. The van der Waals surface area contributed by atoms with Gasteiger partial charge < -0.3 is 19.1 Å². The molecular formula is C43H85NO5. The van der Waals surface area contributed by atoms with Crippen LogP contribution >= 0.6 is 0 Å². The van der Waals surface area contributed by atoms with Gasteiger partial charge in [0.1, 0.15) is 6.10 Å². The average Bonchev–Trinajstić information content (AvgIpc) is 3.07. The van der Waals surface area contributed by atoms with Crippen LogP contribution in [0.4, 0.5) is 0 Å². The Morgan fingerprint density at radius 3 is 1.57 bits per heavy atom. The molecule has 0 rings (SSSR count). The summed E-state index contributed by atoms with van der Waals surface area (Å²) in [7, 11) is 4.08. The van der Waals surface area contributed by atoms with Gasteiger partial charge in [-0.3, -0.25) is 4.79 Å². The van der Waals surface area contributed by atoms with E-state index in [1.165, 1.54) is 89.9 Å². The first-order valence-corrected chi connectivity index (χ1v) is 21.4. The quantitative estimate of drug-likeness (QED) is 0.0476. The number of esters is 2. The number of carbonyl (C=O) groups is 2.